The van der Waals surface area contributed by atoms with Gasteiger partial charge in [-0.15, -0.1) is 0 Å². The molecule has 12 heavy (non-hydrogen) atoms. The van der Waals surface area contributed by atoms with Gasteiger partial charge in [-0.1, -0.05) is 13.8 Å². The molecule has 8 heteroatoms. The Morgan fingerprint density at radius 2 is 1.25 bits per heavy atom. The minimum atomic E-state index is -4.75. The molecule has 0 bridgehead atoms. The highest BCUT2D eigenvalue weighted by Gasteiger charge is 2.45. The average molecular weight is 217 g/mol. The predicted molar refractivity (Wildman–Crippen MR) is 42.5 cm³/mol. The van der Waals surface area contributed by atoms with Gasteiger partial charge in [0.05, 0.1) is 0 Å². The Kier molecular flexibility index (Phi) is 3.67. The summed E-state index contributed by atoms with van der Waals surface area (Å²) in [6.45, 7) is 2.53. The van der Waals surface area contributed by atoms with Crippen LogP contribution in [0.5, 0.6) is 0 Å². The smallest absolute Gasteiger partial charge is 0.324 e. The van der Waals surface area contributed by atoms with Crippen LogP contribution in [0.3, 0.4) is 0 Å². The zero-order valence-electron chi connectivity index (χ0n) is 6.58. The second kappa shape index (κ2) is 3.58. The van der Waals surface area contributed by atoms with E-state index in [1.807, 2.05) is 0 Å². The molecule has 0 aromatic heterocycles. The molecule has 4 N–H and O–H groups in total. The first kappa shape index (κ1) is 12.3. The summed E-state index contributed by atoms with van der Waals surface area (Å²) < 4.78 is 21.2. The molecule has 6 nitrogen and oxygen atoms in total. The summed E-state index contributed by atoms with van der Waals surface area (Å²) in [7, 11) is -9.51. The number of rotatable bonds is 3. The topological polar surface area (TPSA) is 115 Å². The van der Waals surface area contributed by atoms with Crippen molar-refractivity contribution in [3.05, 3.63) is 5.92 Å². The molecule has 0 aliphatic heterocycles. The fourth-order valence-electron chi connectivity index (χ4n) is 0.869. The van der Waals surface area contributed by atoms with Crippen molar-refractivity contribution in [3.63, 3.8) is 0 Å². The van der Waals surface area contributed by atoms with E-state index in [4.69, 9.17) is 19.6 Å². The van der Waals surface area contributed by atoms with Crippen LogP contribution in [0, 0.1) is 5.92 Å². The molecule has 0 saturated heterocycles. The minimum Gasteiger partial charge on any atom is -0.324 e. The highest BCUT2D eigenvalue weighted by atomic mass is 31.2. The third-order valence-electron chi connectivity index (χ3n) is 1.15. The summed E-state index contributed by atoms with van der Waals surface area (Å²) in [6, 6.07) is 0. The molecule has 0 spiro atoms. The largest absolute Gasteiger partial charge is 0.341 e. The van der Waals surface area contributed by atoms with Crippen LogP contribution in [0.25, 0.3) is 0 Å². The fourth-order valence-corrected chi connectivity index (χ4v) is 3.78. The van der Waals surface area contributed by atoms with E-state index >= 15 is 0 Å². The van der Waals surface area contributed by atoms with E-state index in [0.29, 0.717) is 0 Å². The van der Waals surface area contributed by atoms with E-state index in [0.717, 1.165) is 0 Å². The fraction of sp³-hybridized carbons (Fsp3) is 0.750. The Hall–Kier alpha value is 0.300. The van der Waals surface area contributed by atoms with Crippen molar-refractivity contribution in [3.8, 4) is 0 Å². The van der Waals surface area contributed by atoms with Crippen LogP contribution < -0.4 is 0 Å². The van der Waals surface area contributed by atoms with E-state index in [1.54, 1.807) is 0 Å². The second-order valence-electron chi connectivity index (χ2n) is 2.63. The standard InChI is InChI=1S/C4H11O6P2/c1-3(2)4(11(5,6)7)12(8,9)10/h4H,1-2H3,(H2,5,6,7)(H2,8,9,10). The highest BCUT2D eigenvalue weighted by Crippen LogP contribution is 2.63. The molecule has 0 aliphatic carbocycles. The Labute approximate surface area is 69.9 Å². The summed E-state index contributed by atoms with van der Waals surface area (Å²) in [6.07, 6.45) is 0. The van der Waals surface area contributed by atoms with Crippen LogP contribution in [0.4, 0.5) is 0 Å². The summed E-state index contributed by atoms with van der Waals surface area (Å²) in [5.74, 6) is 0.0247. The predicted octanol–water partition coefficient (Wildman–Crippen LogP) is 0.282. The molecule has 0 atom stereocenters. The van der Waals surface area contributed by atoms with Gasteiger partial charge in [-0.25, -0.2) is 0 Å². The zero-order valence-corrected chi connectivity index (χ0v) is 8.37. The summed E-state index contributed by atoms with van der Waals surface area (Å²) in [4.78, 5) is 34.3. The van der Waals surface area contributed by atoms with Crippen LogP contribution in [0.15, 0.2) is 0 Å². The highest BCUT2D eigenvalue weighted by molar-refractivity contribution is 7.71. The van der Waals surface area contributed by atoms with Crippen LogP contribution in [-0.2, 0) is 9.13 Å². The first-order valence-corrected chi connectivity index (χ1v) is 6.33. The van der Waals surface area contributed by atoms with Gasteiger partial charge in [0.1, 0.15) is 0 Å². The van der Waals surface area contributed by atoms with Gasteiger partial charge in [0.15, 0.2) is 5.40 Å². The van der Waals surface area contributed by atoms with Gasteiger partial charge in [0, 0.05) is 0 Å². The molecule has 0 amide bonds. The van der Waals surface area contributed by atoms with Crippen LogP contribution >= 0.6 is 15.2 Å². The van der Waals surface area contributed by atoms with Crippen LogP contribution in [0.2, 0.25) is 0 Å². The van der Waals surface area contributed by atoms with Crippen LogP contribution in [-0.4, -0.2) is 25.0 Å². The van der Waals surface area contributed by atoms with E-state index in [9.17, 15) is 9.13 Å². The van der Waals surface area contributed by atoms with Crippen LogP contribution in [0.1, 0.15) is 13.8 Å². The van der Waals surface area contributed by atoms with Gasteiger partial charge in [-0.3, -0.25) is 9.13 Å². The molecule has 0 unspecified atom stereocenters. The zero-order chi connectivity index (χ0) is 10.2. The quantitative estimate of drug-likeness (QED) is 0.504. The Balaban J connectivity index is 4.97. The summed E-state index contributed by atoms with van der Waals surface area (Å²) in [5, 5.41) is -1.97. The Bertz CT molecular complexity index is 214. The average Bonchev–Trinajstić information content (AvgIpc) is 1.49. The maximum atomic E-state index is 10.6. The molecule has 0 aliphatic rings. The van der Waals surface area contributed by atoms with Crippen molar-refractivity contribution in [2.75, 3.05) is 0 Å². The van der Waals surface area contributed by atoms with Gasteiger partial charge < -0.3 is 19.6 Å². The van der Waals surface area contributed by atoms with Crippen molar-refractivity contribution in [1.82, 2.24) is 0 Å². The normalized spacial score (nSPS) is 14.3. The molecule has 0 aromatic rings. The molecule has 0 aromatic carbocycles. The van der Waals surface area contributed by atoms with Crippen molar-refractivity contribution >= 4 is 15.2 Å². The lowest BCUT2D eigenvalue weighted by Crippen LogP contribution is -2.14. The number of hydrogen-bond donors (Lipinski definition) is 4. The number of hydrogen-bond acceptors (Lipinski definition) is 2. The third-order valence-corrected chi connectivity index (χ3v) is 5.27. The van der Waals surface area contributed by atoms with Gasteiger partial charge >= 0.3 is 15.2 Å². The van der Waals surface area contributed by atoms with Gasteiger partial charge in [0.25, 0.3) is 0 Å². The van der Waals surface area contributed by atoms with E-state index in [1.165, 1.54) is 13.8 Å². The molecule has 0 saturated carbocycles. The lowest BCUT2D eigenvalue weighted by molar-refractivity contribution is 0.340. The maximum absolute atomic E-state index is 10.6. The molecule has 0 heterocycles. The third kappa shape index (κ3) is 3.35. The summed E-state index contributed by atoms with van der Waals surface area (Å²) in [5.41, 5.74) is 0. The second-order valence-corrected chi connectivity index (χ2v) is 6.43. The van der Waals surface area contributed by atoms with E-state index in [-0.39, 0.29) is 5.92 Å². The molecule has 1 radical (unpaired) electrons. The first-order chi connectivity index (χ1) is 5.07. The minimum absolute atomic E-state index is 0.0247. The summed E-state index contributed by atoms with van der Waals surface area (Å²) >= 11 is 0. The SMILES string of the molecule is C[C](C)C(P(=O)(O)O)P(=O)(O)O. The maximum Gasteiger partial charge on any atom is 0.341 e. The van der Waals surface area contributed by atoms with Gasteiger partial charge in [-0.05, 0) is 5.92 Å². The Morgan fingerprint density at radius 1 is 1.00 bits per heavy atom. The molecular formula is C4H11O6P2. The van der Waals surface area contributed by atoms with E-state index in [2.05, 4.69) is 0 Å². The van der Waals surface area contributed by atoms with Gasteiger partial charge in [-0.2, -0.15) is 0 Å². The van der Waals surface area contributed by atoms with Crippen molar-refractivity contribution < 1.29 is 28.7 Å². The first-order valence-electron chi connectivity index (χ1n) is 2.97. The molecule has 73 valence electrons. The van der Waals surface area contributed by atoms with Gasteiger partial charge in [0.2, 0.25) is 0 Å². The van der Waals surface area contributed by atoms with E-state index < -0.39 is 20.6 Å². The van der Waals surface area contributed by atoms with Crippen molar-refractivity contribution in [2.24, 2.45) is 0 Å². The molecule has 0 rings (SSSR count). The van der Waals surface area contributed by atoms with Crippen molar-refractivity contribution in [1.29, 1.82) is 0 Å². The lowest BCUT2D eigenvalue weighted by Gasteiger charge is -2.21. The molecule has 0 fully saturated rings. The molecular weight excluding hydrogens is 206 g/mol. The Morgan fingerprint density at radius 3 is 1.25 bits per heavy atom. The van der Waals surface area contributed by atoms with Crippen molar-refractivity contribution in [2.45, 2.75) is 19.2 Å². The lowest BCUT2D eigenvalue weighted by atomic mass is 10.3. The monoisotopic (exact) mass is 217 g/mol.